The van der Waals surface area contributed by atoms with Crippen LogP contribution < -0.4 is 11.1 Å². The lowest BCUT2D eigenvalue weighted by Crippen LogP contribution is -2.33. The zero-order valence-electron chi connectivity index (χ0n) is 16.0. The van der Waals surface area contributed by atoms with Crippen LogP contribution in [0.25, 0.3) is 11.3 Å². The molecule has 1 aliphatic rings. The van der Waals surface area contributed by atoms with Crippen molar-refractivity contribution in [1.82, 2.24) is 10.3 Å². The molecule has 1 heterocycles. The van der Waals surface area contributed by atoms with E-state index >= 15 is 0 Å². The van der Waals surface area contributed by atoms with E-state index in [1.54, 1.807) is 24.4 Å². The molecule has 7 heteroatoms. The molecule has 3 aromatic rings. The van der Waals surface area contributed by atoms with Gasteiger partial charge in [-0.15, -0.1) is 0 Å². The number of aryl methyl sites for hydroxylation is 1. The second kappa shape index (κ2) is 8.46. The van der Waals surface area contributed by atoms with Gasteiger partial charge >= 0.3 is 0 Å². The van der Waals surface area contributed by atoms with E-state index in [1.165, 1.54) is 11.1 Å². The average Bonchev–Trinajstić information content (AvgIpc) is 3.15. The zero-order chi connectivity index (χ0) is 21.3. The number of amides is 2. The van der Waals surface area contributed by atoms with Gasteiger partial charge in [0.15, 0.2) is 0 Å². The Morgan fingerprint density at radius 2 is 1.90 bits per heavy atom. The number of hydrogen-bond acceptors (Lipinski definition) is 3. The topological polar surface area (TPSA) is 85.1 Å². The smallest absolute Gasteiger partial charge is 0.251 e. The predicted octanol–water partition coefficient (Wildman–Crippen LogP) is 4.35. The maximum Gasteiger partial charge on any atom is 0.251 e. The first-order chi connectivity index (χ1) is 14.4. The Balaban J connectivity index is 1.66. The summed E-state index contributed by atoms with van der Waals surface area (Å²) in [4.78, 5) is 27.6. The van der Waals surface area contributed by atoms with Crippen molar-refractivity contribution >= 4 is 35.0 Å². The summed E-state index contributed by atoms with van der Waals surface area (Å²) in [5.41, 5.74) is 10.6. The molecule has 0 aliphatic heterocycles. The van der Waals surface area contributed by atoms with E-state index in [-0.39, 0.29) is 18.4 Å². The summed E-state index contributed by atoms with van der Waals surface area (Å²) in [6.45, 7) is -0.209. The van der Waals surface area contributed by atoms with Crippen LogP contribution in [0.3, 0.4) is 0 Å². The molecule has 0 spiro atoms. The van der Waals surface area contributed by atoms with Gasteiger partial charge in [0.25, 0.3) is 5.91 Å². The zero-order valence-corrected chi connectivity index (χ0v) is 17.5. The molecule has 1 atom stereocenters. The van der Waals surface area contributed by atoms with Gasteiger partial charge in [-0.3, -0.25) is 14.6 Å². The highest BCUT2D eigenvalue weighted by molar-refractivity contribution is 6.35. The van der Waals surface area contributed by atoms with Crippen molar-refractivity contribution in [3.63, 3.8) is 0 Å². The molecular formula is C23H19Cl2N3O2. The third kappa shape index (κ3) is 4.18. The maximum absolute atomic E-state index is 12.2. The Morgan fingerprint density at radius 1 is 1.07 bits per heavy atom. The summed E-state index contributed by atoms with van der Waals surface area (Å²) in [6, 6.07) is 15.2. The van der Waals surface area contributed by atoms with Crippen molar-refractivity contribution in [2.45, 2.75) is 18.8 Å². The fourth-order valence-electron chi connectivity index (χ4n) is 3.87. The van der Waals surface area contributed by atoms with E-state index in [1.807, 2.05) is 18.2 Å². The Bertz CT molecular complexity index is 1150. The Kier molecular flexibility index (Phi) is 5.75. The summed E-state index contributed by atoms with van der Waals surface area (Å²) in [5, 5.41) is 3.77. The first-order valence-electron chi connectivity index (χ1n) is 9.53. The Morgan fingerprint density at radius 3 is 2.67 bits per heavy atom. The minimum absolute atomic E-state index is 0.187. The Hall–Kier alpha value is -2.89. The molecule has 0 bridgehead atoms. The van der Waals surface area contributed by atoms with E-state index in [0.717, 1.165) is 24.0 Å². The van der Waals surface area contributed by atoms with Gasteiger partial charge in [-0.25, -0.2) is 0 Å². The van der Waals surface area contributed by atoms with E-state index in [0.29, 0.717) is 21.3 Å². The second-order valence-corrected chi connectivity index (χ2v) is 8.09. The first-order valence-corrected chi connectivity index (χ1v) is 10.3. The summed E-state index contributed by atoms with van der Waals surface area (Å²) in [7, 11) is 0. The van der Waals surface area contributed by atoms with Crippen LogP contribution in [0.2, 0.25) is 10.0 Å². The van der Waals surface area contributed by atoms with Gasteiger partial charge in [0, 0.05) is 33.3 Å². The molecule has 30 heavy (non-hydrogen) atoms. The number of primary amides is 1. The second-order valence-electron chi connectivity index (χ2n) is 7.25. The van der Waals surface area contributed by atoms with Gasteiger partial charge in [0.05, 0.1) is 12.2 Å². The largest absolute Gasteiger partial charge is 0.368 e. The van der Waals surface area contributed by atoms with Crippen LogP contribution in [0.1, 0.15) is 39.4 Å². The minimum Gasteiger partial charge on any atom is -0.368 e. The quantitative estimate of drug-likeness (QED) is 0.619. The summed E-state index contributed by atoms with van der Waals surface area (Å²) >= 11 is 12.5. The van der Waals surface area contributed by atoms with Crippen molar-refractivity contribution in [3.8, 4) is 11.3 Å². The van der Waals surface area contributed by atoms with Crippen molar-refractivity contribution < 1.29 is 9.59 Å². The molecule has 1 unspecified atom stereocenters. The number of benzene rings is 2. The van der Waals surface area contributed by atoms with Crippen LogP contribution in [0.5, 0.6) is 0 Å². The highest BCUT2D eigenvalue weighted by Crippen LogP contribution is 2.42. The fraction of sp³-hybridized carbons (Fsp3) is 0.174. The number of nitrogens with two attached hydrogens (primary N) is 1. The lowest BCUT2D eigenvalue weighted by atomic mass is 9.91. The van der Waals surface area contributed by atoms with E-state index in [4.69, 9.17) is 28.9 Å². The number of nitrogens with zero attached hydrogens (tertiary/aromatic N) is 1. The number of carbonyl (C=O) groups is 2. The van der Waals surface area contributed by atoms with Gasteiger partial charge in [-0.05, 0) is 59.9 Å². The highest BCUT2D eigenvalue weighted by Gasteiger charge is 2.26. The number of nitrogens with one attached hydrogen (secondary N) is 1. The maximum atomic E-state index is 12.2. The summed E-state index contributed by atoms with van der Waals surface area (Å²) < 4.78 is 0. The van der Waals surface area contributed by atoms with Crippen LogP contribution in [0, 0.1) is 0 Å². The van der Waals surface area contributed by atoms with Crippen LogP contribution in [-0.2, 0) is 11.2 Å². The van der Waals surface area contributed by atoms with E-state index < -0.39 is 5.91 Å². The van der Waals surface area contributed by atoms with Gasteiger partial charge in [0.1, 0.15) is 0 Å². The third-order valence-electron chi connectivity index (χ3n) is 5.30. The number of aromatic nitrogens is 1. The highest BCUT2D eigenvalue weighted by atomic mass is 35.5. The van der Waals surface area contributed by atoms with Gasteiger partial charge in [0.2, 0.25) is 5.91 Å². The number of carbonyl (C=O) groups excluding carboxylic acids is 2. The van der Waals surface area contributed by atoms with Crippen molar-refractivity contribution in [2.75, 3.05) is 6.54 Å². The van der Waals surface area contributed by atoms with E-state index in [9.17, 15) is 9.59 Å². The molecule has 1 aromatic heterocycles. The number of rotatable bonds is 5. The molecule has 0 saturated carbocycles. The molecule has 2 amide bonds. The molecule has 152 valence electrons. The van der Waals surface area contributed by atoms with Crippen LogP contribution in [-0.4, -0.2) is 23.3 Å². The predicted molar refractivity (Wildman–Crippen MR) is 118 cm³/mol. The monoisotopic (exact) mass is 439 g/mol. The standard InChI is InChI=1S/C23H19Cl2N3O2/c24-16-4-6-18(20(25)11-16)17-5-3-13-1-2-14(9-19(13)17)21-10-15(7-8-27-21)23(30)28-12-22(26)29/h1-2,4,6-11,17H,3,5,12H2,(H2,26,29)(H,28,30). The first kappa shape index (κ1) is 20.4. The SMILES string of the molecule is NC(=O)CNC(=O)c1ccnc(-c2ccc3c(c2)C(c2ccc(Cl)cc2Cl)CC3)c1. The van der Waals surface area contributed by atoms with Crippen molar-refractivity contribution in [3.05, 3.63) is 87.0 Å². The van der Waals surface area contributed by atoms with Crippen LogP contribution in [0.15, 0.2) is 54.7 Å². The van der Waals surface area contributed by atoms with Gasteiger partial charge in [-0.2, -0.15) is 0 Å². The summed E-state index contributed by atoms with van der Waals surface area (Å²) in [6.07, 6.45) is 3.53. The molecule has 3 N–H and O–H groups in total. The molecule has 0 fully saturated rings. The molecule has 2 aromatic carbocycles. The normalized spacial score (nSPS) is 14.9. The summed E-state index contributed by atoms with van der Waals surface area (Å²) in [5.74, 6) is -0.778. The lowest BCUT2D eigenvalue weighted by molar-refractivity contribution is -0.117. The molecule has 1 aliphatic carbocycles. The molecule has 5 nitrogen and oxygen atoms in total. The van der Waals surface area contributed by atoms with Crippen molar-refractivity contribution in [1.29, 1.82) is 0 Å². The van der Waals surface area contributed by atoms with Crippen LogP contribution >= 0.6 is 23.2 Å². The molecule has 4 rings (SSSR count). The Labute approximate surface area is 184 Å². The minimum atomic E-state index is -0.594. The number of hydrogen-bond donors (Lipinski definition) is 2. The van der Waals surface area contributed by atoms with Crippen LogP contribution in [0.4, 0.5) is 0 Å². The van der Waals surface area contributed by atoms with Gasteiger partial charge < -0.3 is 11.1 Å². The molecule has 0 radical (unpaired) electrons. The van der Waals surface area contributed by atoms with Crippen molar-refractivity contribution in [2.24, 2.45) is 5.73 Å². The average molecular weight is 440 g/mol. The fourth-order valence-corrected chi connectivity index (χ4v) is 4.41. The molecular weight excluding hydrogens is 421 g/mol. The van der Waals surface area contributed by atoms with E-state index in [2.05, 4.69) is 22.4 Å². The van der Waals surface area contributed by atoms with Gasteiger partial charge in [-0.1, -0.05) is 41.4 Å². The number of fused-ring (bicyclic) bond motifs is 1. The lowest BCUT2D eigenvalue weighted by Gasteiger charge is -2.15. The third-order valence-corrected chi connectivity index (χ3v) is 5.87. The number of halogens is 2. The molecule has 0 saturated heterocycles. The number of pyridine rings is 1.